The van der Waals surface area contributed by atoms with Crippen LogP contribution < -0.4 is 0 Å². The molecule has 0 bridgehead atoms. The Labute approximate surface area is 262 Å². The summed E-state index contributed by atoms with van der Waals surface area (Å²) in [7, 11) is -7.35. The first-order valence-electron chi connectivity index (χ1n) is 16.4. The number of aliphatic imine (C=N–C) groups is 2. The molecule has 254 valence electrons. The number of hydrogen-bond acceptors (Lipinski definition) is 10. The molecule has 0 N–H and O–H groups in total. The van der Waals surface area contributed by atoms with Crippen LogP contribution in [-0.2, 0) is 36.7 Å². The van der Waals surface area contributed by atoms with Crippen LogP contribution >= 0.6 is 15.2 Å². The average Bonchev–Trinajstić information content (AvgIpc) is 2.88. The summed E-state index contributed by atoms with van der Waals surface area (Å²) in [4.78, 5) is 10.2. The molecule has 10 nitrogen and oxygen atoms in total. The second-order valence-corrected chi connectivity index (χ2v) is 16.4. The Balaban J connectivity index is 4.10. The van der Waals surface area contributed by atoms with Gasteiger partial charge >= 0.3 is 15.2 Å². The number of nitrogens with zero attached hydrogens (tertiary/aromatic N) is 2. The Morgan fingerprint density at radius 2 is 1.07 bits per heavy atom. The summed E-state index contributed by atoms with van der Waals surface area (Å²) in [6.45, 7) is 25.4. The van der Waals surface area contributed by atoms with Gasteiger partial charge in [-0.05, 0) is 78.1 Å². The van der Waals surface area contributed by atoms with Crippen LogP contribution in [0.3, 0.4) is 0 Å². The van der Waals surface area contributed by atoms with E-state index in [1.54, 1.807) is 13.8 Å². The Morgan fingerprint density at radius 1 is 0.628 bits per heavy atom. The molecule has 0 aromatic heterocycles. The van der Waals surface area contributed by atoms with Crippen molar-refractivity contribution in [2.45, 2.75) is 114 Å². The maximum absolute atomic E-state index is 15.1. The largest absolute Gasteiger partial charge is 0.480 e. The normalized spacial score (nSPS) is 20.3. The summed E-state index contributed by atoms with van der Waals surface area (Å²) in [5, 5.41) is 0. The van der Waals surface area contributed by atoms with E-state index in [9.17, 15) is 4.57 Å². The summed E-state index contributed by atoms with van der Waals surface area (Å²) >= 11 is 0. The highest BCUT2D eigenvalue weighted by Gasteiger charge is 2.52. The fraction of sp³-hybridized carbons (Fsp3) is 0.935. The zero-order valence-corrected chi connectivity index (χ0v) is 30.8. The van der Waals surface area contributed by atoms with Crippen LogP contribution in [0.1, 0.15) is 95.9 Å². The fourth-order valence-electron chi connectivity index (χ4n) is 5.95. The van der Waals surface area contributed by atoms with Crippen molar-refractivity contribution >= 4 is 27.0 Å². The topological polar surface area (TPSA) is 114 Å². The Hall–Kier alpha value is -0.760. The highest BCUT2D eigenvalue weighted by Crippen LogP contribution is 2.63. The maximum Gasteiger partial charge on any atom is 0.334 e. The van der Waals surface area contributed by atoms with Crippen LogP contribution in [0, 0.1) is 29.6 Å². The van der Waals surface area contributed by atoms with Crippen molar-refractivity contribution in [2.75, 3.05) is 45.8 Å². The average molecular weight is 653 g/mol. The van der Waals surface area contributed by atoms with Crippen LogP contribution in [0.4, 0.5) is 0 Å². The predicted molar refractivity (Wildman–Crippen MR) is 177 cm³/mol. The van der Waals surface area contributed by atoms with Crippen LogP contribution in [-0.4, -0.2) is 75.3 Å². The fourth-order valence-corrected chi connectivity index (χ4v) is 10.8. The quantitative estimate of drug-likeness (QED) is 0.113. The van der Waals surface area contributed by atoms with E-state index in [2.05, 4.69) is 41.5 Å². The maximum atomic E-state index is 15.1. The molecule has 0 spiro atoms. The third-order valence-electron chi connectivity index (χ3n) is 7.19. The standard InChI is InChI=1S/C31H62N2O8P2/c1-13-36-30-27(24(11)12)32-31(37-14-2)28(33-30)26(20-23(9)10)29(43(35,40-17-5)41-18-6)25(19-22(7)8)21-42(34,38-15-3)39-16-4/h22-29H,13-21H2,1-12H3/t25?,26?,27-,28?,29?/m0/s1. The van der Waals surface area contributed by atoms with Crippen LogP contribution in [0.5, 0.6) is 0 Å². The van der Waals surface area contributed by atoms with E-state index in [1.807, 2.05) is 27.7 Å². The van der Waals surface area contributed by atoms with Gasteiger partial charge in [0.1, 0.15) is 12.1 Å². The van der Waals surface area contributed by atoms with Gasteiger partial charge in [-0.25, -0.2) is 9.98 Å². The molecule has 1 heterocycles. The molecule has 1 aliphatic heterocycles. The van der Waals surface area contributed by atoms with Gasteiger partial charge in [0.15, 0.2) is 0 Å². The molecular weight excluding hydrogens is 590 g/mol. The smallest absolute Gasteiger partial charge is 0.334 e. The molecule has 0 saturated heterocycles. The minimum absolute atomic E-state index is 0.0841. The number of hydrogen-bond donors (Lipinski definition) is 0. The molecule has 0 amide bonds. The summed E-state index contributed by atoms with van der Waals surface area (Å²) < 4.78 is 65.2. The molecule has 1 aliphatic rings. The highest BCUT2D eigenvalue weighted by molar-refractivity contribution is 7.55. The SMILES string of the molecule is CCOC1=N[C@@H](C(C)C)C(OCC)=NC1C(CC(C)C)C(C(CC(C)C)CP(=O)(OCC)OCC)P(=O)(OCC)OCC. The predicted octanol–water partition coefficient (Wildman–Crippen LogP) is 8.49. The van der Waals surface area contributed by atoms with Gasteiger partial charge in [-0.2, -0.15) is 0 Å². The molecule has 0 fully saturated rings. The molecule has 5 atom stereocenters. The molecule has 4 unspecified atom stereocenters. The summed E-state index contributed by atoms with van der Waals surface area (Å²) in [5.41, 5.74) is -0.690. The summed E-state index contributed by atoms with van der Waals surface area (Å²) in [5.74, 6) is 0.796. The second kappa shape index (κ2) is 19.7. The Kier molecular flexibility index (Phi) is 18.4. The van der Waals surface area contributed by atoms with Crippen molar-refractivity contribution in [2.24, 2.45) is 39.6 Å². The van der Waals surface area contributed by atoms with Gasteiger partial charge in [-0.3, -0.25) is 9.13 Å². The van der Waals surface area contributed by atoms with Gasteiger partial charge in [-0.1, -0.05) is 41.5 Å². The first-order chi connectivity index (χ1) is 20.3. The number of ether oxygens (including phenoxy) is 2. The van der Waals surface area contributed by atoms with Crippen molar-refractivity contribution < 1.29 is 36.7 Å². The molecule has 43 heavy (non-hydrogen) atoms. The van der Waals surface area contributed by atoms with E-state index in [-0.39, 0.29) is 56.4 Å². The first-order valence-corrected chi connectivity index (χ1v) is 19.8. The molecule has 0 aromatic rings. The van der Waals surface area contributed by atoms with Crippen LogP contribution in [0.15, 0.2) is 9.98 Å². The van der Waals surface area contributed by atoms with Gasteiger partial charge in [0.25, 0.3) is 0 Å². The van der Waals surface area contributed by atoms with Crippen molar-refractivity contribution in [3.8, 4) is 0 Å². The minimum atomic E-state index is -3.81. The number of rotatable bonds is 21. The summed E-state index contributed by atoms with van der Waals surface area (Å²) in [6.07, 6.45) is 1.32. The third-order valence-corrected chi connectivity index (χ3v) is 12.2. The van der Waals surface area contributed by atoms with E-state index in [1.165, 1.54) is 0 Å². The van der Waals surface area contributed by atoms with Crippen LogP contribution in [0.25, 0.3) is 0 Å². The Morgan fingerprint density at radius 3 is 1.47 bits per heavy atom. The van der Waals surface area contributed by atoms with E-state index in [4.69, 9.17) is 37.6 Å². The minimum Gasteiger partial charge on any atom is -0.480 e. The lowest BCUT2D eigenvalue weighted by molar-refractivity contribution is 0.168. The van der Waals surface area contributed by atoms with Crippen LogP contribution in [0.2, 0.25) is 0 Å². The van der Waals surface area contributed by atoms with Gasteiger partial charge < -0.3 is 27.6 Å². The van der Waals surface area contributed by atoms with Gasteiger partial charge in [0.05, 0.1) is 51.5 Å². The van der Waals surface area contributed by atoms with E-state index >= 15 is 4.57 Å². The highest BCUT2D eigenvalue weighted by atomic mass is 31.2. The van der Waals surface area contributed by atoms with E-state index in [0.29, 0.717) is 37.9 Å². The third kappa shape index (κ3) is 12.2. The molecule has 0 radical (unpaired) electrons. The molecule has 0 aromatic carbocycles. The van der Waals surface area contributed by atoms with Crippen molar-refractivity contribution in [1.29, 1.82) is 0 Å². The lowest BCUT2D eigenvalue weighted by Gasteiger charge is -2.42. The molecule has 12 heteroatoms. The lowest BCUT2D eigenvalue weighted by Crippen LogP contribution is -2.47. The zero-order valence-electron chi connectivity index (χ0n) is 29.0. The van der Waals surface area contributed by atoms with E-state index < -0.39 is 38.7 Å². The zero-order chi connectivity index (χ0) is 32.8. The second-order valence-electron chi connectivity index (χ2n) is 12.1. The van der Waals surface area contributed by atoms with Gasteiger partial charge in [-0.15, -0.1) is 0 Å². The molecule has 0 saturated carbocycles. The van der Waals surface area contributed by atoms with Crippen molar-refractivity contribution in [3.63, 3.8) is 0 Å². The molecular formula is C31H62N2O8P2. The summed E-state index contributed by atoms with van der Waals surface area (Å²) in [6, 6.07) is -0.879. The monoisotopic (exact) mass is 652 g/mol. The first kappa shape index (κ1) is 40.3. The Bertz CT molecular complexity index is 936. The van der Waals surface area contributed by atoms with E-state index in [0.717, 1.165) is 0 Å². The molecule has 1 rings (SSSR count). The lowest BCUT2D eigenvalue weighted by atomic mass is 9.80. The molecule has 0 aliphatic carbocycles. The van der Waals surface area contributed by atoms with Gasteiger partial charge in [0.2, 0.25) is 11.8 Å². The van der Waals surface area contributed by atoms with Gasteiger partial charge in [0, 0.05) is 5.92 Å². The van der Waals surface area contributed by atoms with Crippen molar-refractivity contribution in [3.05, 3.63) is 0 Å². The van der Waals surface area contributed by atoms with Crippen molar-refractivity contribution in [1.82, 2.24) is 0 Å².